The Hall–Kier alpha value is -0.610. The minimum Gasteiger partial charge on any atom is -0.468 e. The quantitative estimate of drug-likeness (QED) is 0.676. The van der Waals surface area contributed by atoms with Crippen LogP contribution in [0.2, 0.25) is 0 Å². The predicted molar refractivity (Wildman–Crippen MR) is 64.3 cm³/mol. The van der Waals surface area contributed by atoms with Crippen molar-refractivity contribution in [2.45, 2.75) is 52.8 Å². The molecule has 0 saturated carbocycles. The van der Waals surface area contributed by atoms with E-state index >= 15 is 0 Å². The summed E-state index contributed by atoms with van der Waals surface area (Å²) in [6.07, 6.45) is 0.140. The average molecular weight is 231 g/mol. The molecule has 0 aromatic rings. The Balaban J connectivity index is 4.16. The predicted octanol–water partition coefficient (Wildman–Crippen LogP) is 1.59. The number of rotatable bonds is 7. The van der Waals surface area contributed by atoms with Gasteiger partial charge in [0.1, 0.15) is 6.04 Å². The van der Waals surface area contributed by atoms with Gasteiger partial charge in [0.2, 0.25) is 0 Å². The lowest BCUT2D eigenvalue weighted by atomic mass is 10.1. The van der Waals surface area contributed by atoms with Gasteiger partial charge in [0.05, 0.1) is 19.8 Å². The van der Waals surface area contributed by atoms with Crippen molar-refractivity contribution in [1.29, 1.82) is 0 Å². The molecule has 96 valence electrons. The number of esters is 1. The number of carbonyl (C=O) groups is 1. The molecule has 16 heavy (non-hydrogen) atoms. The van der Waals surface area contributed by atoms with Crippen molar-refractivity contribution in [2.24, 2.45) is 5.92 Å². The zero-order chi connectivity index (χ0) is 12.7. The SMILES string of the molecule is COC(=O)C(COC(C)C(C)C)NC(C)C. The highest BCUT2D eigenvalue weighted by Crippen LogP contribution is 2.06. The zero-order valence-electron chi connectivity index (χ0n) is 11.2. The molecule has 0 aromatic heterocycles. The maximum atomic E-state index is 11.5. The maximum Gasteiger partial charge on any atom is 0.325 e. The first-order chi connectivity index (χ1) is 7.38. The van der Waals surface area contributed by atoms with Gasteiger partial charge in [0.15, 0.2) is 0 Å². The summed E-state index contributed by atoms with van der Waals surface area (Å²) in [4.78, 5) is 11.5. The third-order valence-corrected chi connectivity index (χ3v) is 2.48. The summed E-state index contributed by atoms with van der Waals surface area (Å²) in [6, 6.07) is -0.159. The first-order valence-electron chi connectivity index (χ1n) is 5.84. The van der Waals surface area contributed by atoms with Crippen molar-refractivity contribution in [1.82, 2.24) is 5.32 Å². The summed E-state index contributed by atoms with van der Waals surface area (Å²) in [5.41, 5.74) is 0. The molecule has 4 heteroatoms. The number of methoxy groups -OCH3 is 1. The van der Waals surface area contributed by atoms with Crippen molar-refractivity contribution in [3.8, 4) is 0 Å². The molecule has 0 spiro atoms. The van der Waals surface area contributed by atoms with Gasteiger partial charge in [-0.2, -0.15) is 0 Å². The van der Waals surface area contributed by atoms with E-state index in [1.165, 1.54) is 7.11 Å². The fourth-order valence-corrected chi connectivity index (χ4v) is 1.17. The van der Waals surface area contributed by atoms with E-state index in [1.54, 1.807) is 0 Å². The molecule has 0 radical (unpaired) electrons. The summed E-state index contributed by atoms with van der Waals surface area (Å²) in [5.74, 6) is 0.169. The van der Waals surface area contributed by atoms with E-state index in [0.29, 0.717) is 12.5 Å². The van der Waals surface area contributed by atoms with E-state index in [4.69, 9.17) is 9.47 Å². The molecule has 0 fully saturated rings. The minimum absolute atomic E-state index is 0.140. The van der Waals surface area contributed by atoms with Crippen LogP contribution in [0.15, 0.2) is 0 Å². The van der Waals surface area contributed by atoms with E-state index in [1.807, 2.05) is 20.8 Å². The molecule has 0 aromatic carbocycles. The van der Waals surface area contributed by atoms with Crippen LogP contribution in [-0.4, -0.2) is 37.9 Å². The fraction of sp³-hybridized carbons (Fsp3) is 0.917. The van der Waals surface area contributed by atoms with Crippen LogP contribution in [0.3, 0.4) is 0 Å². The zero-order valence-corrected chi connectivity index (χ0v) is 11.2. The fourth-order valence-electron chi connectivity index (χ4n) is 1.17. The summed E-state index contributed by atoms with van der Waals surface area (Å²) < 4.78 is 10.4. The second-order valence-electron chi connectivity index (χ2n) is 4.68. The van der Waals surface area contributed by atoms with Gasteiger partial charge < -0.3 is 14.8 Å². The monoisotopic (exact) mass is 231 g/mol. The summed E-state index contributed by atoms with van der Waals surface area (Å²) in [5, 5.41) is 3.13. The van der Waals surface area contributed by atoms with Crippen LogP contribution in [0.5, 0.6) is 0 Å². The van der Waals surface area contributed by atoms with Gasteiger partial charge in [-0.1, -0.05) is 27.7 Å². The molecule has 0 bridgehead atoms. The maximum absolute atomic E-state index is 11.5. The molecule has 2 unspecified atom stereocenters. The summed E-state index contributed by atoms with van der Waals surface area (Å²) >= 11 is 0. The average Bonchev–Trinajstić information content (AvgIpc) is 2.21. The molecule has 0 rings (SSSR count). The van der Waals surface area contributed by atoms with Crippen molar-refractivity contribution in [2.75, 3.05) is 13.7 Å². The standard InChI is InChI=1S/C12H25NO3/c1-8(2)10(5)16-7-11(12(14)15-6)13-9(3)4/h8-11,13H,7H2,1-6H3. The molecule has 2 atom stereocenters. The second-order valence-corrected chi connectivity index (χ2v) is 4.68. The molecule has 1 N–H and O–H groups in total. The number of hydrogen-bond acceptors (Lipinski definition) is 4. The molecular formula is C12H25NO3. The van der Waals surface area contributed by atoms with Crippen LogP contribution < -0.4 is 5.32 Å². The number of carbonyl (C=O) groups excluding carboxylic acids is 1. The highest BCUT2D eigenvalue weighted by Gasteiger charge is 2.21. The van der Waals surface area contributed by atoms with Gasteiger partial charge in [-0.3, -0.25) is 4.79 Å². The van der Waals surface area contributed by atoms with Crippen LogP contribution >= 0.6 is 0 Å². The van der Waals surface area contributed by atoms with E-state index in [9.17, 15) is 4.79 Å². The van der Waals surface area contributed by atoms with Crippen LogP contribution in [0.1, 0.15) is 34.6 Å². The number of ether oxygens (including phenoxy) is 2. The summed E-state index contributed by atoms with van der Waals surface area (Å²) in [6.45, 7) is 10.5. The van der Waals surface area contributed by atoms with Crippen LogP contribution in [-0.2, 0) is 14.3 Å². The topological polar surface area (TPSA) is 47.6 Å². The Labute approximate surface area is 98.7 Å². The Morgan fingerprint density at radius 1 is 1.19 bits per heavy atom. The Morgan fingerprint density at radius 3 is 2.12 bits per heavy atom. The Kier molecular flexibility index (Phi) is 7.34. The van der Waals surface area contributed by atoms with Gasteiger partial charge in [-0.25, -0.2) is 0 Å². The summed E-state index contributed by atoms with van der Waals surface area (Å²) in [7, 11) is 1.39. The molecule has 0 heterocycles. The van der Waals surface area contributed by atoms with Crippen LogP contribution in [0, 0.1) is 5.92 Å². The van der Waals surface area contributed by atoms with Gasteiger partial charge in [-0.15, -0.1) is 0 Å². The third kappa shape index (κ3) is 6.08. The first kappa shape index (κ1) is 15.4. The highest BCUT2D eigenvalue weighted by atomic mass is 16.5. The lowest BCUT2D eigenvalue weighted by Gasteiger charge is -2.22. The molecule has 0 aliphatic rings. The molecule has 0 aliphatic heterocycles. The van der Waals surface area contributed by atoms with Gasteiger partial charge in [0.25, 0.3) is 0 Å². The highest BCUT2D eigenvalue weighted by molar-refractivity contribution is 5.75. The number of nitrogens with one attached hydrogen (secondary N) is 1. The normalized spacial score (nSPS) is 15.2. The first-order valence-corrected chi connectivity index (χ1v) is 5.84. The Bertz CT molecular complexity index is 204. The van der Waals surface area contributed by atoms with Crippen molar-refractivity contribution in [3.05, 3.63) is 0 Å². The second kappa shape index (κ2) is 7.63. The van der Waals surface area contributed by atoms with E-state index in [2.05, 4.69) is 19.2 Å². The van der Waals surface area contributed by atoms with Crippen molar-refractivity contribution >= 4 is 5.97 Å². The van der Waals surface area contributed by atoms with E-state index in [0.717, 1.165) is 0 Å². The van der Waals surface area contributed by atoms with Crippen molar-refractivity contribution < 1.29 is 14.3 Å². The largest absolute Gasteiger partial charge is 0.468 e. The molecule has 0 amide bonds. The van der Waals surface area contributed by atoms with E-state index in [-0.39, 0.29) is 24.2 Å². The lowest BCUT2D eigenvalue weighted by molar-refractivity contribution is -0.145. The van der Waals surface area contributed by atoms with Crippen molar-refractivity contribution in [3.63, 3.8) is 0 Å². The molecule has 4 nitrogen and oxygen atoms in total. The Morgan fingerprint density at radius 2 is 1.75 bits per heavy atom. The minimum atomic E-state index is -0.383. The van der Waals surface area contributed by atoms with Crippen LogP contribution in [0.25, 0.3) is 0 Å². The third-order valence-electron chi connectivity index (χ3n) is 2.48. The van der Waals surface area contributed by atoms with Gasteiger partial charge in [-0.05, 0) is 12.8 Å². The lowest BCUT2D eigenvalue weighted by Crippen LogP contribution is -2.45. The molecular weight excluding hydrogens is 206 g/mol. The molecule has 0 saturated heterocycles. The van der Waals surface area contributed by atoms with Gasteiger partial charge in [0, 0.05) is 6.04 Å². The van der Waals surface area contributed by atoms with Crippen LogP contribution in [0.4, 0.5) is 0 Å². The molecule has 0 aliphatic carbocycles. The smallest absolute Gasteiger partial charge is 0.325 e. The van der Waals surface area contributed by atoms with E-state index < -0.39 is 0 Å². The van der Waals surface area contributed by atoms with Gasteiger partial charge >= 0.3 is 5.97 Å². The number of hydrogen-bond donors (Lipinski definition) is 1.